The van der Waals surface area contributed by atoms with Gasteiger partial charge in [0.2, 0.25) is 5.91 Å². The molecule has 2 amide bonds. The molecule has 0 fully saturated rings. The zero-order valence-electron chi connectivity index (χ0n) is 15.3. The van der Waals surface area contributed by atoms with Crippen LogP contribution in [0.2, 0.25) is 0 Å². The molecule has 136 valence electrons. The van der Waals surface area contributed by atoms with Crippen molar-refractivity contribution in [2.75, 3.05) is 0 Å². The summed E-state index contributed by atoms with van der Waals surface area (Å²) in [6.07, 6.45) is 9.41. The average Bonchev–Trinajstić information content (AvgIpc) is 3.03. The first kappa shape index (κ1) is 17.2. The molecule has 27 heavy (non-hydrogen) atoms. The number of aliphatic imine (C=N–C) groups is 1. The molecular weight excluding hydrogens is 338 g/mol. The lowest BCUT2D eigenvalue weighted by molar-refractivity contribution is -0.117. The monoisotopic (exact) mass is 359 g/mol. The number of carbonyl (C=O) groups is 2. The quantitative estimate of drug-likeness (QED) is 0.881. The van der Waals surface area contributed by atoms with E-state index in [9.17, 15) is 9.59 Å². The largest absolute Gasteiger partial charge is 0.361 e. The molecule has 1 aliphatic carbocycles. The number of aromatic nitrogens is 1. The van der Waals surface area contributed by atoms with Gasteiger partial charge in [0.25, 0.3) is 5.91 Å². The number of H-pyrrole nitrogens is 1. The summed E-state index contributed by atoms with van der Waals surface area (Å²) < 4.78 is 0. The zero-order valence-corrected chi connectivity index (χ0v) is 15.3. The molecule has 2 aromatic rings. The highest BCUT2D eigenvalue weighted by atomic mass is 16.2. The van der Waals surface area contributed by atoms with Crippen LogP contribution in [0.15, 0.2) is 71.0 Å². The van der Waals surface area contributed by atoms with Gasteiger partial charge in [-0.3, -0.25) is 9.59 Å². The van der Waals surface area contributed by atoms with E-state index in [-0.39, 0.29) is 30.1 Å². The van der Waals surface area contributed by atoms with Crippen molar-refractivity contribution < 1.29 is 9.59 Å². The Hall–Kier alpha value is -3.21. The number of nitrogens with one attached hydrogen (secondary N) is 2. The Morgan fingerprint density at radius 2 is 2.04 bits per heavy atom. The van der Waals surface area contributed by atoms with E-state index in [1.54, 1.807) is 12.2 Å². The molecule has 5 heteroatoms. The first-order chi connectivity index (χ1) is 13.0. The molecule has 1 unspecified atom stereocenters. The highest BCUT2D eigenvalue weighted by Crippen LogP contribution is 2.31. The standard InChI is InChI=1S/C22H21N3O2/c1-13(2)18-11-22(27)25-20-10-15(7-8-17(18)20)24-21(26)9-14-12-23-19-6-4-3-5-16(14)19/h3-8,10-13,17,23H,9H2,1-2H3,(H,25,27). The van der Waals surface area contributed by atoms with Crippen molar-refractivity contribution in [2.24, 2.45) is 16.8 Å². The van der Waals surface area contributed by atoms with E-state index < -0.39 is 0 Å². The van der Waals surface area contributed by atoms with Crippen LogP contribution < -0.4 is 5.32 Å². The SMILES string of the molecule is CC(C)C1=CC(=O)NC2=CC(=NC(=O)Cc3c[nH]c4ccccc34)C=CC21. The number of aromatic amines is 1. The summed E-state index contributed by atoms with van der Waals surface area (Å²) in [4.78, 5) is 31.8. The summed E-state index contributed by atoms with van der Waals surface area (Å²) in [5.74, 6) is -0.0149. The first-order valence-corrected chi connectivity index (χ1v) is 9.10. The van der Waals surface area contributed by atoms with Gasteiger partial charge < -0.3 is 10.3 Å². The lowest BCUT2D eigenvalue weighted by atomic mass is 9.82. The van der Waals surface area contributed by atoms with E-state index in [1.807, 2.05) is 42.6 Å². The van der Waals surface area contributed by atoms with Crippen molar-refractivity contribution in [1.82, 2.24) is 10.3 Å². The summed E-state index contributed by atoms with van der Waals surface area (Å²) in [6.45, 7) is 4.15. The number of allylic oxidation sites excluding steroid dienone is 3. The minimum absolute atomic E-state index is 0.0466. The number of nitrogens with zero attached hydrogens (tertiary/aromatic N) is 1. The van der Waals surface area contributed by atoms with Gasteiger partial charge in [0.05, 0.1) is 12.1 Å². The van der Waals surface area contributed by atoms with Gasteiger partial charge in [-0.25, -0.2) is 4.99 Å². The van der Waals surface area contributed by atoms with Gasteiger partial charge in [-0.1, -0.05) is 38.1 Å². The molecule has 0 spiro atoms. The Bertz CT molecular complexity index is 1050. The third-order valence-electron chi connectivity index (χ3n) is 4.96. The van der Waals surface area contributed by atoms with E-state index >= 15 is 0 Å². The predicted molar refractivity (Wildman–Crippen MR) is 106 cm³/mol. The van der Waals surface area contributed by atoms with Crippen LogP contribution in [-0.2, 0) is 16.0 Å². The molecule has 2 N–H and O–H groups in total. The van der Waals surface area contributed by atoms with E-state index in [0.29, 0.717) is 5.71 Å². The molecule has 0 radical (unpaired) electrons. The molecule has 0 bridgehead atoms. The number of benzene rings is 1. The molecular formula is C22H21N3O2. The second-order valence-corrected chi connectivity index (χ2v) is 7.19. The van der Waals surface area contributed by atoms with Crippen LogP contribution in [-0.4, -0.2) is 22.5 Å². The molecule has 0 saturated heterocycles. The number of para-hydroxylation sites is 1. The van der Waals surface area contributed by atoms with Gasteiger partial charge in [-0.15, -0.1) is 0 Å². The van der Waals surface area contributed by atoms with Crippen molar-refractivity contribution in [2.45, 2.75) is 20.3 Å². The summed E-state index contributed by atoms with van der Waals surface area (Å²) in [6, 6.07) is 7.88. The highest BCUT2D eigenvalue weighted by Gasteiger charge is 2.27. The lowest BCUT2D eigenvalue weighted by Gasteiger charge is -2.29. The number of fused-ring (bicyclic) bond motifs is 2. The van der Waals surface area contributed by atoms with Crippen molar-refractivity contribution >= 4 is 28.4 Å². The molecule has 1 aromatic carbocycles. The molecule has 2 aliphatic rings. The maximum atomic E-state index is 12.5. The normalized spacial score (nSPS) is 20.5. The van der Waals surface area contributed by atoms with E-state index in [2.05, 4.69) is 29.1 Å². The Morgan fingerprint density at radius 3 is 2.85 bits per heavy atom. The Labute approximate surface area is 157 Å². The summed E-state index contributed by atoms with van der Waals surface area (Å²) >= 11 is 0. The first-order valence-electron chi connectivity index (χ1n) is 9.10. The maximum Gasteiger partial charge on any atom is 0.250 e. The van der Waals surface area contributed by atoms with Crippen molar-refractivity contribution in [3.8, 4) is 0 Å². The third kappa shape index (κ3) is 3.40. The van der Waals surface area contributed by atoms with Gasteiger partial charge in [0.15, 0.2) is 0 Å². The lowest BCUT2D eigenvalue weighted by Crippen LogP contribution is -2.34. The van der Waals surface area contributed by atoms with Crippen LogP contribution in [0, 0.1) is 11.8 Å². The fourth-order valence-corrected chi connectivity index (χ4v) is 3.64. The summed E-state index contributed by atoms with van der Waals surface area (Å²) in [5, 5.41) is 3.91. The van der Waals surface area contributed by atoms with Gasteiger partial charge in [0, 0.05) is 34.8 Å². The number of rotatable bonds is 3. The van der Waals surface area contributed by atoms with Gasteiger partial charge >= 0.3 is 0 Å². The fraction of sp³-hybridized carbons (Fsp3) is 0.227. The molecule has 5 nitrogen and oxygen atoms in total. The summed E-state index contributed by atoms with van der Waals surface area (Å²) in [5.41, 5.74) is 4.36. The third-order valence-corrected chi connectivity index (χ3v) is 4.96. The van der Waals surface area contributed by atoms with Crippen molar-refractivity contribution in [3.05, 3.63) is 71.6 Å². The Kier molecular flexibility index (Phi) is 4.36. The number of carbonyl (C=O) groups excluding carboxylic acids is 2. The molecule has 1 atom stereocenters. The molecule has 4 rings (SSSR count). The topological polar surface area (TPSA) is 74.3 Å². The molecule has 1 aromatic heterocycles. The van der Waals surface area contributed by atoms with Crippen LogP contribution in [0.25, 0.3) is 10.9 Å². The van der Waals surface area contributed by atoms with Crippen LogP contribution in [0.4, 0.5) is 0 Å². The average molecular weight is 359 g/mol. The Morgan fingerprint density at radius 1 is 1.22 bits per heavy atom. The van der Waals surface area contributed by atoms with Crippen LogP contribution in [0.5, 0.6) is 0 Å². The predicted octanol–water partition coefficient (Wildman–Crippen LogP) is 3.46. The number of hydrogen-bond acceptors (Lipinski definition) is 2. The van der Waals surface area contributed by atoms with E-state index in [1.165, 1.54) is 0 Å². The van der Waals surface area contributed by atoms with Crippen LogP contribution in [0.3, 0.4) is 0 Å². The molecule has 2 heterocycles. The van der Waals surface area contributed by atoms with Gasteiger partial charge in [-0.05, 0) is 35.3 Å². The number of hydrogen-bond donors (Lipinski definition) is 2. The van der Waals surface area contributed by atoms with Gasteiger partial charge in [0.1, 0.15) is 0 Å². The van der Waals surface area contributed by atoms with Crippen molar-refractivity contribution in [3.63, 3.8) is 0 Å². The van der Waals surface area contributed by atoms with Crippen LogP contribution >= 0.6 is 0 Å². The summed E-state index contributed by atoms with van der Waals surface area (Å²) in [7, 11) is 0. The number of amides is 2. The Balaban J connectivity index is 1.55. The fourth-order valence-electron chi connectivity index (χ4n) is 3.64. The second-order valence-electron chi connectivity index (χ2n) is 7.19. The second kappa shape index (κ2) is 6.83. The van der Waals surface area contributed by atoms with Crippen molar-refractivity contribution in [1.29, 1.82) is 0 Å². The zero-order chi connectivity index (χ0) is 19.0. The minimum atomic E-state index is -0.212. The van der Waals surface area contributed by atoms with E-state index in [4.69, 9.17) is 0 Å². The molecule has 0 saturated carbocycles. The highest BCUT2D eigenvalue weighted by molar-refractivity contribution is 6.11. The van der Waals surface area contributed by atoms with E-state index in [0.717, 1.165) is 27.7 Å². The van der Waals surface area contributed by atoms with Gasteiger partial charge in [-0.2, -0.15) is 0 Å². The maximum absolute atomic E-state index is 12.5. The molecule has 1 aliphatic heterocycles. The van der Waals surface area contributed by atoms with Crippen LogP contribution in [0.1, 0.15) is 19.4 Å². The smallest absolute Gasteiger partial charge is 0.250 e. The minimum Gasteiger partial charge on any atom is -0.361 e.